The average molecular weight is 398 g/mol. The van der Waals surface area contributed by atoms with Gasteiger partial charge in [-0.15, -0.1) is 10.2 Å². The molecule has 0 fully saturated rings. The Kier molecular flexibility index (Phi) is 7.40. The third kappa shape index (κ3) is 6.59. The number of esters is 2. The molecule has 0 saturated heterocycles. The van der Waals surface area contributed by atoms with Gasteiger partial charge >= 0.3 is 11.9 Å². The molecule has 1 aromatic heterocycles. The van der Waals surface area contributed by atoms with Gasteiger partial charge in [0, 0.05) is 10.8 Å². The number of hydrogen-bond donors (Lipinski definition) is 2. The van der Waals surface area contributed by atoms with Gasteiger partial charge in [-0.2, -0.15) is 10.2 Å². The third-order valence-electron chi connectivity index (χ3n) is 3.13. The predicted octanol–water partition coefficient (Wildman–Crippen LogP) is 2.51. The van der Waals surface area contributed by atoms with Crippen LogP contribution in [0.4, 0.5) is 10.3 Å². The van der Waals surface area contributed by atoms with Crippen molar-refractivity contribution in [3.8, 4) is 0 Å². The highest BCUT2D eigenvalue weighted by molar-refractivity contribution is 7.19. The molecule has 0 aliphatic rings. The van der Waals surface area contributed by atoms with Crippen LogP contribution in [-0.2, 0) is 19.1 Å². The first kappa shape index (κ1) is 22.5. The first-order valence-electron chi connectivity index (χ1n) is 8.08. The molecule has 0 unspecified atom stereocenters. The minimum atomic E-state index is -0.532. The second-order valence-corrected chi connectivity index (χ2v) is 8.52. The van der Waals surface area contributed by atoms with Crippen LogP contribution in [0.25, 0.3) is 0 Å². The van der Waals surface area contributed by atoms with Gasteiger partial charge in [-0.05, 0) is 0 Å². The lowest BCUT2D eigenvalue weighted by molar-refractivity contribution is -0.134. The zero-order valence-corrected chi connectivity index (χ0v) is 17.6. The normalized spacial score (nSPS) is 13.2. The largest absolute Gasteiger partial charge is 0.464 e. The Morgan fingerprint density at radius 2 is 1.15 bits per heavy atom. The summed E-state index contributed by atoms with van der Waals surface area (Å²) in [6.07, 6.45) is 0. The number of ether oxygens (including phenoxy) is 2. The molecule has 0 aliphatic carbocycles. The molecule has 150 valence electrons. The van der Waals surface area contributed by atoms with E-state index in [1.807, 2.05) is 41.5 Å². The van der Waals surface area contributed by atoms with Crippen LogP contribution in [0.3, 0.4) is 0 Å². The van der Waals surface area contributed by atoms with Gasteiger partial charge in [0.25, 0.3) is 0 Å². The van der Waals surface area contributed by atoms with E-state index in [1.54, 1.807) is 0 Å². The van der Waals surface area contributed by atoms with E-state index in [2.05, 4.69) is 31.3 Å². The van der Waals surface area contributed by atoms with E-state index in [4.69, 9.17) is 9.47 Å². The Bertz CT molecular complexity index is 682. The van der Waals surface area contributed by atoms with Crippen molar-refractivity contribution in [1.29, 1.82) is 0 Å². The van der Waals surface area contributed by atoms with Crippen LogP contribution in [0, 0.1) is 10.8 Å². The van der Waals surface area contributed by atoms with Gasteiger partial charge in [-0.3, -0.25) is 10.9 Å². The molecule has 0 spiro atoms. The highest BCUT2D eigenvalue weighted by atomic mass is 32.1. The fourth-order valence-electron chi connectivity index (χ4n) is 1.75. The number of methoxy groups -OCH3 is 2. The van der Waals surface area contributed by atoms with Gasteiger partial charge in [0.2, 0.25) is 10.3 Å². The number of anilines is 2. The summed E-state index contributed by atoms with van der Waals surface area (Å²) in [6, 6.07) is 0. The van der Waals surface area contributed by atoms with Crippen LogP contribution in [0.5, 0.6) is 0 Å². The highest BCUT2D eigenvalue weighted by Gasteiger charge is 2.28. The summed E-state index contributed by atoms with van der Waals surface area (Å²) in [5.74, 6) is -1.06. The molecule has 0 amide bonds. The van der Waals surface area contributed by atoms with Crippen molar-refractivity contribution in [3.05, 3.63) is 0 Å². The van der Waals surface area contributed by atoms with Gasteiger partial charge in [0.05, 0.1) is 14.2 Å². The summed E-state index contributed by atoms with van der Waals surface area (Å²) in [7, 11) is 2.59. The third-order valence-corrected chi connectivity index (χ3v) is 3.86. The van der Waals surface area contributed by atoms with Crippen molar-refractivity contribution < 1.29 is 19.1 Å². The first-order valence-corrected chi connectivity index (χ1v) is 8.90. The number of hydrazone groups is 2. The Hall–Kier alpha value is -2.56. The van der Waals surface area contributed by atoms with Crippen molar-refractivity contribution in [2.45, 2.75) is 41.5 Å². The molecular formula is C16H26N6O4S. The van der Waals surface area contributed by atoms with Crippen LogP contribution in [0.2, 0.25) is 0 Å². The Labute approximate surface area is 162 Å². The molecule has 27 heavy (non-hydrogen) atoms. The second-order valence-electron chi connectivity index (χ2n) is 7.54. The summed E-state index contributed by atoms with van der Waals surface area (Å²) in [6.45, 7) is 11.0. The first-order chi connectivity index (χ1) is 12.4. The van der Waals surface area contributed by atoms with Crippen LogP contribution in [-0.4, -0.2) is 47.8 Å². The van der Waals surface area contributed by atoms with Crippen molar-refractivity contribution in [3.63, 3.8) is 0 Å². The minimum absolute atomic E-state index is 0.216. The van der Waals surface area contributed by atoms with E-state index in [-0.39, 0.29) is 11.4 Å². The van der Waals surface area contributed by atoms with Gasteiger partial charge in [-0.25, -0.2) is 9.59 Å². The Morgan fingerprint density at radius 3 is 1.41 bits per heavy atom. The Morgan fingerprint density at radius 1 is 0.815 bits per heavy atom. The van der Waals surface area contributed by atoms with E-state index in [0.29, 0.717) is 10.3 Å². The summed E-state index contributed by atoms with van der Waals surface area (Å²) >= 11 is 1.11. The summed E-state index contributed by atoms with van der Waals surface area (Å²) in [5.41, 5.74) is 4.78. The molecule has 10 nitrogen and oxygen atoms in total. The number of carbonyl (C=O) groups is 2. The average Bonchev–Trinajstić information content (AvgIpc) is 2.99. The quantitative estimate of drug-likeness (QED) is 0.425. The van der Waals surface area contributed by atoms with Crippen LogP contribution in [0.15, 0.2) is 10.2 Å². The molecule has 0 atom stereocenters. The lowest BCUT2D eigenvalue weighted by Gasteiger charge is -2.18. The van der Waals surface area contributed by atoms with E-state index in [9.17, 15) is 9.59 Å². The molecule has 1 rings (SSSR count). The fraction of sp³-hybridized carbons (Fsp3) is 0.625. The van der Waals surface area contributed by atoms with Crippen molar-refractivity contribution in [2.75, 3.05) is 25.1 Å². The van der Waals surface area contributed by atoms with Crippen LogP contribution < -0.4 is 10.9 Å². The maximum atomic E-state index is 11.8. The van der Waals surface area contributed by atoms with E-state index in [0.717, 1.165) is 11.3 Å². The molecule has 0 aromatic carbocycles. The second kappa shape index (κ2) is 8.89. The summed E-state index contributed by atoms with van der Waals surface area (Å²) in [5, 5.41) is 16.7. The minimum Gasteiger partial charge on any atom is -0.464 e. The van der Waals surface area contributed by atoms with E-state index in [1.165, 1.54) is 14.2 Å². The number of hydrogen-bond acceptors (Lipinski definition) is 11. The standard InChI is InChI=1S/C16H26N6O4S/c1-15(2,3)9(11(23)25-7)17-19-13-21-22-14(27-13)20-18-10(12(24)26-8)16(4,5)6/h1-8H3,(H,19,21)(H,20,22)/b17-9-,18-10-. The zero-order valence-electron chi connectivity index (χ0n) is 16.8. The topological polar surface area (TPSA) is 127 Å². The van der Waals surface area contributed by atoms with E-state index < -0.39 is 22.8 Å². The lowest BCUT2D eigenvalue weighted by atomic mass is 9.90. The molecule has 0 aliphatic heterocycles. The summed E-state index contributed by atoms with van der Waals surface area (Å²) in [4.78, 5) is 23.7. The molecule has 1 aromatic rings. The maximum Gasteiger partial charge on any atom is 0.354 e. The molecular weight excluding hydrogens is 372 g/mol. The molecule has 1 heterocycles. The van der Waals surface area contributed by atoms with Gasteiger partial charge in [0.15, 0.2) is 11.4 Å². The maximum absolute atomic E-state index is 11.8. The predicted molar refractivity (Wildman–Crippen MR) is 105 cm³/mol. The molecule has 11 heteroatoms. The van der Waals surface area contributed by atoms with Gasteiger partial charge < -0.3 is 9.47 Å². The number of carbonyl (C=O) groups excluding carboxylic acids is 2. The molecule has 0 bridgehead atoms. The van der Waals surface area contributed by atoms with Gasteiger partial charge in [0.1, 0.15) is 0 Å². The Balaban J connectivity index is 2.95. The summed E-state index contributed by atoms with van der Waals surface area (Å²) < 4.78 is 9.49. The molecule has 0 saturated carbocycles. The number of nitrogens with one attached hydrogen (secondary N) is 2. The van der Waals surface area contributed by atoms with Crippen molar-refractivity contribution in [2.24, 2.45) is 21.0 Å². The molecule has 2 N–H and O–H groups in total. The highest BCUT2D eigenvalue weighted by Crippen LogP contribution is 2.23. The fourth-order valence-corrected chi connectivity index (χ4v) is 2.28. The monoisotopic (exact) mass is 398 g/mol. The van der Waals surface area contributed by atoms with Crippen LogP contribution in [0.1, 0.15) is 41.5 Å². The van der Waals surface area contributed by atoms with Crippen LogP contribution >= 0.6 is 11.3 Å². The van der Waals surface area contributed by atoms with Gasteiger partial charge in [-0.1, -0.05) is 52.9 Å². The van der Waals surface area contributed by atoms with E-state index >= 15 is 0 Å². The lowest BCUT2D eigenvalue weighted by Crippen LogP contribution is -2.30. The van der Waals surface area contributed by atoms with Crippen molar-refractivity contribution in [1.82, 2.24) is 10.2 Å². The number of aromatic nitrogens is 2. The molecule has 0 radical (unpaired) electrons. The SMILES string of the molecule is COC(=O)/C(=N/Nc1nnc(N/N=C(/C(=O)OC)C(C)(C)C)s1)C(C)(C)C. The van der Waals surface area contributed by atoms with Crippen molar-refractivity contribution >= 4 is 45.0 Å². The smallest absolute Gasteiger partial charge is 0.354 e. The number of rotatable bonds is 6. The zero-order chi connectivity index (χ0) is 20.8. The number of nitrogens with zero attached hydrogens (tertiary/aromatic N) is 4.